The number of benzene rings is 1. The summed E-state index contributed by atoms with van der Waals surface area (Å²) >= 11 is 6.09. The molecule has 1 fully saturated rings. The second-order valence-electron chi connectivity index (χ2n) is 5.24. The SMILES string of the molecule is CC1CCN(c2ccc(C(N)=O)c(Cl)c2)CC1CN. The van der Waals surface area contributed by atoms with E-state index in [2.05, 4.69) is 11.8 Å². The zero-order valence-electron chi connectivity index (χ0n) is 11.1. The van der Waals surface area contributed by atoms with Gasteiger partial charge in [0.2, 0.25) is 5.91 Å². The predicted octanol–water partition coefficient (Wildman–Crippen LogP) is 1.86. The minimum atomic E-state index is -0.497. The van der Waals surface area contributed by atoms with E-state index in [0.29, 0.717) is 29.0 Å². The monoisotopic (exact) mass is 281 g/mol. The number of piperidine rings is 1. The summed E-state index contributed by atoms with van der Waals surface area (Å²) < 4.78 is 0. The van der Waals surface area contributed by atoms with E-state index in [1.165, 1.54) is 0 Å². The third kappa shape index (κ3) is 3.01. The Morgan fingerprint density at radius 3 is 2.84 bits per heavy atom. The van der Waals surface area contributed by atoms with Crippen LogP contribution in [0.3, 0.4) is 0 Å². The molecule has 0 aromatic heterocycles. The lowest BCUT2D eigenvalue weighted by Gasteiger charge is -2.38. The molecule has 0 spiro atoms. The van der Waals surface area contributed by atoms with Crippen LogP contribution in [0.4, 0.5) is 5.69 Å². The third-order valence-corrected chi connectivity index (χ3v) is 4.31. The number of hydrogen-bond acceptors (Lipinski definition) is 3. The zero-order chi connectivity index (χ0) is 14.0. The van der Waals surface area contributed by atoms with Crippen molar-refractivity contribution < 1.29 is 4.79 Å². The van der Waals surface area contributed by atoms with Crippen LogP contribution < -0.4 is 16.4 Å². The van der Waals surface area contributed by atoms with Crippen molar-refractivity contribution in [2.75, 3.05) is 24.5 Å². The smallest absolute Gasteiger partial charge is 0.250 e. The predicted molar refractivity (Wildman–Crippen MR) is 78.5 cm³/mol. The number of carbonyl (C=O) groups excluding carboxylic acids is 1. The van der Waals surface area contributed by atoms with Crippen molar-refractivity contribution in [3.05, 3.63) is 28.8 Å². The van der Waals surface area contributed by atoms with Crippen LogP contribution in [0.1, 0.15) is 23.7 Å². The van der Waals surface area contributed by atoms with Crippen LogP contribution >= 0.6 is 11.6 Å². The highest BCUT2D eigenvalue weighted by molar-refractivity contribution is 6.34. The standard InChI is InChI=1S/C14H20ClN3O/c1-9-4-5-18(8-10(9)7-16)11-2-3-12(14(17)19)13(15)6-11/h2-3,6,9-10H,4-5,7-8,16H2,1H3,(H2,17,19). The van der Waals surface area contributed by atoms with Crippen LogP contribution in [0.25, 0.3) is 0 Å². The number of amides is 1. The molecular weight excluding hydrogens is 262 g/mol. The number of nitrogens with two attached hydrogens (primary N) is 2. The topological polar surface area (TPSA) is 72.3 Å². The molecule has 4 nitrogen and oxygen atoms in total. The van der Waals surface area contributed by atoms with Crippen molar-refractivity contribution >= 4 is 23.2 Å². The maximum atomic E-state index is 11.2. The lowest BCUT2D eigenvalue weighted by atomic mass is 9.87. The first-order chi connectivity index (χ1) is 9.02. The van der Waals surface area contributed by atoms with Gasteiger partial charge in [-0.25, -0.2) is 0 Å². The molecule has 4 N–H and O–H groups in total. The molecule has 1 aromatic carbocycles. The van der Waals surface area contributed by atoms with Crippen LogP contribution in [-0.4, -0.2) is 25.5 Å². The van der Waals surface area contributed by atoms with E-state index >= 15 is 0 Å². The summed E-state index contributed by atoms with van der Waals surface area (Å²) in [5.41, 5.74) is 12.5. The summed E-state index contributed by atoms with van der Waals surface area (Å²) in [4.78, 5) is 13.4. The number of hydrogen-bond donors (Lipinski definition) is 2. The Morgan fingerprint density at radius 2 is 2.26 bits per heavy atom. The van der Waals surface area contributed by atoms with Gasteiger partial charge in [0.25, 0.3) is 0 Å². The fraction of sp³-hybridized carbons (Fsp3) is 0.500. The molecule has 1 amide bonds. The Bertz CT molecular complexity index is 478. The largest absolute Gasteiger partial charge is 0.371 e. The first kappa shape index (κ1) is 14.2. The summed E-state index contributed by atoms with van der Waals surface area (Å²) in [6.45, 7) is 4.87. The van der Waals surface area contributed by atoms with Crippen molar-refractivity contribution in [1.29, 1.82) is 0 Å². The molecule has 104 valence electrons. The lowest BCUT2D eigenvalue weighted by molar-refractivity contribution is 0.100. The van der Waals surface area contributed by atoms with Gasteiger partial charge in [0, 0.05) is 18.8 Å². The molecule has 2 atom stereocenters. The molecule has 0 saturated carbocycles. The number of anilines is 1. The van der Waals surface area contributed by atoms with Gasteiger partial charge in [0.1, 0.15) is 0 Å². The maximum Gasteiger partial charge on any atom is 0.250 e. The molecule has 1 aliphatic heterocycles. The second kappa shape index (κ2) is 5.80. The van der Waals surface area contributed by atoms with Gasteiger partial charge in [-0.15, -0.1) is 0 Å². The Labute approximate surface area is 118 Å². The highest BCUT2D eigenvalue weighted by Crippen LogP contribution is 2.29. The highest BCUT2D eigenvalue weighted by atomic mass is 35.5. The van der Waals surface area contributed by atoms with Crippen LogP contribution in [-0.2, 0) is 0 Å². The van der Waals surface area contributed by atoms with Gasteiger partial charge in [-0.2, -0.15) is 0 Å². The average molecular weight is 282 g/mol. The Morgan fingerprint density at radius 1 is 1.53 bits per heavy atom. The van der Waals surface area contributed by atoms with Crippen molar-refractivity contribution in [3.63, 3.8) is 0 Å². The molecule has 0 bridgehead atoms. The molecule has 19 heavy (non-hydrogen) atoms. The van der Waals surface area contributed by atoms with Crippen molar-refractivity contribution in [2.24, 2.45) is 23.3 Å². The summed E-state index contributed by atoms with van der Waals surface area (Å²) in [5, 5.41) is 0.410. The minimum Gasteiger partial charge on any atom is -0.371 e. The highest BCUT2D eigenvalue weighted by Gasteiger charge is 2.25. The first-order valence-corrected chi connectivity index (χ1v) is 6.95. The van der Waals surface area contributed by atoms with E-state index in [9.17, 15) is 4.79 Å². The molecule has 2 unspecified atom stereocenters. The van der Waals surface area contributed by atoms with Crippen LogP contribution in [0, 0.1) is 11.8 Å². The fourth-order valence-electron chi connectivity index (χ4n) is 2.59. The molecule has 1 heterocycles. The lowest BCUT2D eigenvalue weighted by Crippen LogP contribution is -2.42. The van der Waals surface area contributed by atoms with Gasteiger partial charge in [-0.05, 0) is 43.0 Å². The number of carbonyl (C=O) groups is 1. The maximum absolute atomic E-state index is 11.2. The zero-order valence-corrected chi connectivity index (χ0v) is 11.9. The molecular formula is C14H20ClN3O. The van der Waals surface area contributed by atoms with E-state index in [1.807, 2.05) is 12.1 Å². The van der Waals surface area contributed by atoms with Crippen LogP contribution in [0.2, 0.25) is 5.02 Å². The quantitative estimate of drug-likeness (QED) is 0.888. The van der Waals surface area contributed by atoms with Gasteiger partial charge < -0.3 is 16.4 Å². The molecule has 1 saturated heterocycles. The fourth-order valence-corrected chi connectivity index (χ4v) is 2.86. The summed E-state index contributed by atoms with van der Waals surface area (Å²) in [7, 11) is 0. The van der Waals surface area contributed by atoms with Crippen molar-refractivity contribution in [2.45, 2.75) is 13.3 Å². The van der Waals surface area contributed by atoms with E-state index in [0.717, 1.165) is 25.2 Å². The molecule has 1 aromatic rings. The van der Waals surface area contributed by atoms with Crippen molar-refractivity contribution in [3.8, 4) is 0 Å². The van der Waals surface area contributed by atoms with E-state index in [-0.39, 0.29) is 0 Å². The number of halogens is 1. The van der Waals surface area contributed by atoms with Crippen molar-refractivity contribution in [1.82, 2.24) is 0 Å². The normalized spacial score (nSPS) is 23.4. The third-order valence-electron chi connectivity index (χ3n) is 4.00. The minimum absolute atomic E-state index is 0.367. The number of nitrogens with zero attached hydrogens (tertiary/aromatic N) is 1. The molecule has 0 aliphatic carbocycles. The summed E-state index contributed by atoms with van der Waals surface area (Å²) in [6, 6.07) is 5.40. The molecule has 2 rings (SSSR count). The van der Waals surface area contributed by atoms with Crippen LogP contribution in [0.5, 0.6) is 0 Å². The Balaban J connectivity index is 2.18. The van der Waals surface area contributed by atoms with Gasteiger partial charge in [-0.1, -0.05) is 18.5 Å². The molecule has 5 heteroatoms. The van der Waals surface area contributed by atoms with Gasteiger partial charge in [0.15, 0.2) is 0 Å². The first-order valence-electron chi connectivity index (χ1n) is 6.57. The van der Waals surface area contributed by atoms with Gasteiger partial charge in [-0.3, -0.25) is 4.79 Å². The molecule has 0 radical (unpaired) electrons. The number of primary amides is 1. The number of rotatable bonds is 3. The van der Waals surface area contributed by atoms with E-state index < -0.39 is 5.91 Å². The van der Waals surface area contributed by atoms with Gasteiger partial charge >= 0.3 is 0 Å². The van der Waals surface area contributed by atoms with E-state index in [4.69, 9.17) is 23.1 Å². The Hall–Kier alpha value is -1.26. The van der Waals surface area contributed by atoms with Crippen LogP contribution in [0.15, 0.2) is 18.2 Å². The van der Waals surface area contributed by atoms with E-state index in [1.54, 1.807) is 6.07 Å². The second-order valence-corrected chi connectivity index (χ2v) is 5.64. The summed E-state index contributed by atoms with van der Waals surface area (Å²) in [6.07, 6.45) is 1.12. The average Bonchev–Trinajstić information content (AvgIpc) is 2.38. The molecule has 1 aliphatic rings. The van der Waals surface area contributed by atoms with Gasteiger partial charge in [0.05, 0.1) is 10.6 Å². The summed E-state index contributed by atoms with van der Waals surface area (Å²) in [5.74, 6) is 0.661. The Kier molecular flexibility index (Phi) is 4.32.